The number of thiazole rings is 1. The molecule has 0 unspecified atom stereocenters. The topological polar surface area (TPSA) is 272 Å². The molecule has 1 aromatic carbocycles. The molecule has 22 heteroatoms. The number of carbonyl (C=O) groups is 4. The zero-order valence-electron chi connectivity index (χ0n) is 29.6. The fourth-order valence-corrected chi connectivity index (χ4v) is 9.02. The average molecular weight is 790 g/mol. The number of thioether (sulfide) groups is 1. The molecule has 0 aliphatic carbocycles. The third-order valence-corrected chi connectivity index (χ3v) is 12.5. The number of piperidine rings is 3. The van der Waals surface area contributed by atoms with Crippen molar-refractivity contribution in [1.29, 1.82) is 0 Å². The number of amides is 3. The van der Waals surface area contributed by atoms with E-state index in [1.165, 1.54) is 49.2 Å². The molecule has 5 aliphatic rings. The van der Waals surface area contributed by atoms with Gasteiger partial charge in [0.05, 0.1) is 37.1 Å². The molecule has 2 aromatic heterocycles. The van der Waals surface area contributed by atoms with Gasteiger partial charge in [0, 0.05) is 53.5 Å². The average Bonchev–Trinajstić information content (AvgIpc) is 3.84. The molecule has 4 fully saturated rings. The van der Waals surface area contributed by atoms with Crippen LogP contribution in [-0.4, -0.2) is 125 Å². The first kappa shape index (κ1) is 39.4. The van der Waals surface area contributed by atoms with Crippen LogP contribution in [0, 0.1) is 5.41 Å². The molecule has 4 saturated heterocycles. The van der Waals surface area contributed by atoms with Crippen LogP contribution in [0.5, 0.6) is 11.5 Å². The third kappa shape index (κ3) is 7.52. The number of aromatic nitrogens is 5. The van der Waals surface area contributed by atoms with Crippen LogP contribution >= 0.6 is 23.1 Å². The fourth-order valence-electron chi connectivity index (χ4n) is 7.14. The fraction of sp³-hybridized carbons (Fsp3) is 0.469. The van der Waals surface area contributed by atoms with Gasteiger partial charge in [-0.1, -0.05) is 5.16 Å². The number of β-lactam (4-membered cyclic amide) rings is 1. The first-order chi connectivity index (χ1) is 25.2. The Kier molecular flexibility index (Phi) is 11.0. The van der Waals surface area contributed by atoms with E-state index in [1.807, 2.05) is 0 Å². The second-order valence-corrected chi connectivity index (χ2v) is 16.2. The molecule has 0 spiro atoms. The molecule has 3 amide bonds. The number of hydrogen-bond acceptors (Lipinski definition) is 16. The number of carboxylic acids is 1. The van der Waals surface area contributed by atoms with Crippen LogP contribution in [0.25, 0.3) is 5.70 Å². The number of benzene rings is 1. The van der Waals surface area contributed by atoms with Gasteiger partial charge in [-0.2, -0.15) is 5.21 Å². The van der Waals surface area contributed by atoms with Gasteiger partial charge >= 0.3 is 29.6 Å². The van der Waals surface area contributed by atoms with E-state index in [0.29, 0.717) is 24.5 Å². The predicted molar refractivity (Wildman–Crippen MR) is 186 cm³/mol. The number of quaternary nitrogens is 1. The molecule has 54 heavy (non-hydrogen) atoms. The summed E-state index contributed by atoms with van der Waals surface area (Å²) in [5.74, 6) is -2.98. The first-order valence-electron chi connectivity index (χ1n) is 16.7. The van der Waals surface area contributed by atoms with Gasteiger partial charge < -0.3 is 50.9 Å². The van der Waals surface area contributed by atoms with E-state index in [9.17, 15) is 34.5 Å². The Morgan fingerprint density at radius 2 is 1.93 bits per heavy atom. The number of hydrogen-bond donors (Lipinski definition) is 5. The molecule has 0 radical (unpaired) electrons. The van der Waals surface area contributed by atoms with E-state index in [0.717, 1.165) is 60.3 Å². The third-order valence-electron chi connectivity index (χ3n) is 10.4. The summed E-state index contributed by atoms with van der Waals surface area (Å²) in [6, 6.07) is 3.03. The largest absolute Gasteiger partial charge is 1.00 e. The Balaban J connectivity index is 0.00000497. The molecule has 3 aromatic rings. The van der Waals surface area contributed by atoms with E-state index in [-0.39, 0.29) is 80.3 Å². The SMILES string of the molecule is CC(C)(O/N=C(\C(=O)N[C@@H]1C(=O)N2C(c3nnn[n-]3)=C(C[N+]34CCC(CNC(=O)c5ccc(O)c(O)c5)(CC3)CC4)CS[C@H]12)c1csc(N)n1)C(=O)[O-].[Na+]. The normalized spacial score (nSPS) is 25.0. The van der Waals surface area contributed by atoms with E-state index < -0.39 is 34.8 Å². The summed E-state index contributed by atoms with van der Waals surface area (Å²) in [4.78, 5) is 62.5. The molecule has 8 rings (SSSR count). The minimum atomic E-state index is -1.86. The van der Waals surface area contributed by atoms with Crippen molar-refractivity contribution in [1.82, 2.24) is 41.1 Å². The standard InChI is InChI=1S/C32H37N11O8S2.Na/c1-31(2,29(49)50)51-39-21(18-14-53-30(33)35-18)26(47)36-22-27(48)42-23(24-37-40-41-38-24)17(13-52-28(22)42)12-43-8-5-32(6-9-43,7-10-43)15-34-25(46)16-3-4-19(44)20(45)11-16;/h3-4,11,14,22,28H,5-10,12-13,15H2,1-2H3,(H7-,33,34,35,36,37,38,39,40,41,44,45,46,47,49,50);/q;+1/p-1/t22-,28-,32?,43?;/m1./s1. The number of anilines is 1. The summed E-state index contributed by atoms with van der Waals surface area (Å²) in [5.41, 5.74) is 5.30. The summed E-state index contributed by atoms with van der Waals surface area (Å²) in [6.45, 7) is 6.17. The van der Waals surface area contributed by atoms with Crippen LogP contribution in [0.3, 0.4) is 0 Å². The maximum absolute atomic E-state index is 13.8. The molecule has 280 valence electrons. The van der Waals surface area contributed by atoms with Crippen LogP contribution < -0.4 is 56.1 Å². The number of aliphatic carboxylic acids is 1. The Hall–Kier alpha value is -4.28. The maximum Gasteiger partial charge on any atom is 1.00 e. The molecular formula is C32H36N11NaO8S2. The van der Waals surface area contributed by atoms with Crippen molar-refractivity contribution in [3.8, 4) is 11.5 Å². The van der Waals surface area contributed by atoms with Gasteiger partial charge in [0.15, 0.2) is 27.9 Å². The Morgan fingerprint density at radius 3 is 2.54 bits per heavy atom. The number of tetrazole rings is 1. The zero-order valence-corrected chi connectivity index (χ0v) is 33.3. The second kappa shape index (κ2) is 15.1. The molecule has 2 atom stereocenters. The van der Waals surface area contributed by atoms with Gasteiger partial charge in [-0.3, -0.25) is 29.6 Å². The van der Waals surface area contributed by atoms with Crippen molar-refractivity contribution in [2.24, 2.45) is 10.6 Å². The van der Waals surface area contributed by atoms with Crippen molar-refractivity contribution in [2.45, 2.75) is 50.1 Å². The van der Waals surface area contributed by atoms with Gasteiger partial charge in [-0.15, -0.1) is 23.1 Å². The van der Waals surface area contributed by atoms with Crippen LogP contribution in [0.1, 0.15) is 55.0 Å². The van der Waals surface area contributed by atoms with E-state index >= 15 is 0 Å². The number of carbonyl (C=O) groups excluding carboxylic acids is 4. The Labute approximate surface area is 338 Å². The summed E-state index contributed by atoms with van der Waals surface area (Å²) >= 11 is 2.53. The number of phenols is 2. The predicted octanol–water partition coefficient (Wildman–Crippen LogP) is -4.23. The number of nitrogens with one attached hydrogen (secondary N) is 2. The smallest absolute Gasteiger partial charge is 0.546 e. The van der Waals surface area contributed by atoms with Gasteiger partial charge in [0.1, 0.15) is 23.7 Å². The Bertz CT molecular complexity index is 2010. The number of carboxylic acid groups (broad SMARTS) is 1. The molecule has 19 nitrogen and oxygen atoms in total. The van der Waals surface area contributed by atoms with Crippen molar-refractivity contribution < 1.29 is 73.4 Å². The summed E-state index contributed by atoms with van der Waals surface area (Å²) in [7, 11) is 0. The molecule has 6 N–H and O–H groups in total. The number of rotatable bonds is 12. The van der Waals surface area contributed by atoms with Crippen molar-refractivity contribution >= 4 is 63.3 Å². The van der Waals surface area contributed by atoms with Crippen LogP contribution in [0.4, 0.5) is 5.13 Å². The van der Waals surface area contributed by atoms with Crippen LogP contribution in [0.15, 0.2) is 34.3 Å². The molecular weight excluding hydrogens is 754 g/mol. The van der Waals surface area contributed by atoms with E-state index in [4.69, 9.17) is 10.6 Å². The zero-order chi connectivity index (χ0) is 37.7. The molecule has 2 bridgehead atoms. The van der Waals surface area contributed by atoms with Gasteiger partial charge in [-0.05, 0) is 32.0 Å². The Morgan fingerprint density at radius 1 is 1.20 bits per heavy atom. The number of nitrogens with zero attached hydrogens (tertiary/aromatic N) is 8. The summed E-state index contributed by atoms with van der Waals surface area (Å²) in [5, 5.41) is 57.0. The molecule has 5 aliphatic heterocycles. The summed E-state index contributed by atoms with van der Waals surface area (Å²) < 4.78 is 0.800. The van der Waals surface area contributed by atoms with Gasteiger partial charge in [-0.25, -0.2) is 4.98 Å². The minimum Gasteiger partial charge on any atom is -0.546 e. The van der Waals surface area contributed by atoms with Crippen molar-refractivity contribution in [2.75, 3.05) is 44.2 Å². The number of phenolic OH excluding ortho intramolecular Hbond substituents is 2. The maximum atomic E-state index is 13.8. The number of nitrogen functional groups attached to an aromatic ring is 1. The quantitative estimate of drug-likeness (QED) is 0.0291. The number of oxime groups is 1. The monoisotopic (exact) mass is 789 g/mol. The van der Waals surface area contributed by atoms with E-state index in [1.54, 1.807) is 4.90 Å². The van der Waals surface area contributed by atoms with Gasteiger partial charge in [0.2, 0.25) is 0 Å². The van der Waals surface area contributed by atoms with E-state index in [2.05, 4.69) is 41.4 Å². The van der Waals surface area contributed by atoms with Crippen molar-refractivity contribution in [3.05, 3.63) is 46.2 Å². The van der Waals surface area contributed by atoms with Crippen LogP contribution in [-0.2, 0) is 19.2 Å². The second-order valence-electron chi connectivity index (χ2n) is 14.2. The molecule has 7 heterocycles. The van der Waals surface area contributed by atoms with Gasteiger partial charge in [0.25, 0.3) is 17.7 Å². The van der Waals surface area contributed by atoms with Crippen molar-refractivity contribution in [3.63, 3.8) is 0 Å². The first-order valence-corrected chi connectivity index (χ1v) is 18.6. The number of aromatic hydroxyl groups is 2. The minimum absolute atomic E-state index is 0. The van der Waals surface area contributed by atoms with Crippen LogP contribution in [0.2, 0.25) is 0 Å². The number of nitrogens with two attached hydrogens (primary N) is 1. The molecule has 0 saturated carbocycles. The summed E-state index contributed by atoms with van der Waals surface area (Å²) in [6.07, 6.45) is 2.66. The number of fused-ring (bicyclic) bond motifs is 4.